The van der Waals surface area contributed by atoms with E-state index < -0.39 is 0 Å². The van der Waals surface area contributed by atoms with Gasteiger partial charge < -0.3 is 22.9 Å². The molecule has 0 spiro atoms. The molecule has 0 amide bonds. The fraction of sp³-hybridized carbons (Fsp3) is 0.261. The maximum atomic E-state index is 12.9. The summed E-state index contributed by atoms with van der Waals surface area (Å²) >= 11 is 1.21. The number of aryl methyl sites for hydroxylation is 1. The molecule has 0 unspecified atom stereocenters. The number of benzene rings is 1. The van der Waals surface area contributed by atoms with Crippen LogP contribution in [0, 0.1) is 13.8 Å². The van der Waals surface area contributed by atoms with Crippen LogP contribution in [0.5, 0.6) is 11.5 Å². The van der Waals surface area contributed by atoms with Gasteiger partial charge in [0.25, 0.3) is 5.22 Å². The van der Waals surface area contributed by atoms with Gasteiger partial charge in [-0.1, -0.05) is 11.8 Å². The van der Waals surface area contributed by atoms with Crippen LogP contribution >= 0.6 is 11.8 Å². The highest BCUT2D eigenvalue weighted by Crippen LogP contribution is 2.32. The van der Waals surface area contributed by atoms with E-state index >= 15 is 0 Å². The summed E-state index contributed by atoms with van der Waals surface area (Å²) in [6.07, 6.45) is 1.65. The zero-order chi connectivity index (χ0) is 22.7. The number of furan rings is 1. The van der Waals surface area contributed by atoms with Crippen molar-refractivity contribution >= 4 is 17.5 Å². The van der Waals surface area contributed by atoms with Crippen molar-refractivity contribution in [3.05, 3.63) is 65.4 Å². The summed E-state index contributed by atoms with van der Waals surface area (Å²) in [6.45, 7) is 4.51. The standard InChI is InChI=1S/C23H23N3O5S/c1-14-10-18(15(2)26(14)12-17-6-5-9-30-17)19(27)13-32-23-25-24-22(31-23)16-7-8-20(28-3)21(11-16)29-4/h5-11H,12-13H2,1-4H3. The number of carbonyl (C=O) groups excluding carboxylic acids is 1. The molecule has 4 aromatic rings. The third kappa shape index (κ3) is 4.43. The Hall–Kier alpha value is -3.46. The van der Waals surface area contributed by atoms with Crippen LogP contribution in [0.4, 0.5) is 0 Å². The molecular formula is C23H23N3O5S. The van der Waals surface area contributed by atoms with Crippen molar-refractivity contribution in [3.8, 4) is 23.0 Å². The molecule has 32 heavy (non-hydrogen) atoms. The Morgan fingerprint density at radius 3 is 2.62 bits per heavy atom. The van der Waals surface area contributed by atoms with Crippen LogP contribution in [-0.4, -0.2) is 40.5 Å². The van der Waals surface area contributed by atoms with E-state index in [-0.39, 0.29) is 11.5 Å². The minimum Gasteiger partial charge on any atom is -0.493 e. The Balaban J connectivity index is 1.44. The van der Waals surface area contributed by atoms with Gasteiger partial charge in [-0.3, -0.25) is 4.79 Å². The van der Waals surface area contributed by atoms with Gasteiger partial charge >= 0.3 is 0 Å². The van der Waals surface area contributed by atoms with Gasteiger partial charge in [0.15, 0.2) is 17.3 Å². The minimum absolute atomic E-state index is 0.000313. The monoisotopic (exact) mass is 453 g/mol. The van der Waals surface area contributed by atoms with Crippen molar-refractivity contribution in [2.24, 2.45) is 0 Å². The first-order valence-corrected chi connectivity index (χ1v) is 10.9. The van der Waals surface area contributed by atoms with Crippen LogP contribution in [0.15, 0.2) is 56.7 Å². The predicted molar refractivity (Wildman–Crippen MR) is 120 cm³/mol. The molecule has 0 radical (unpaired) electrons. The van der Waals surface area contributed by atoms with Crippen molar-refractivity contribution in [3.63, 3.8) is 0 Å². The van der Waals surface area contributed by atoms with Gasteiger partial charge in [0.1, 0.15) is 5.76 Å². The van der Waals surface area contributed by atoms with Crippen LogP contribution in [0.25, 0.3) is 11.5 Å². The number of Topliss-reactive ketones (excluding diaryl/α,β-unsaturated/α-hetero) is 1. The largest absolute Gasteiger partial charge is 0.493 e. The van der Waals surface area contributed by atoms with Gasteiger partial charge in [-0.15, -0.1) is 10.2 Å². The molecule has 0 aliphatic rings. The number of carbonyl (C=O) groups is 1. The normalized spacial score (nSPS) is 11.0. The number of nitrogens with zero attached hydrogens (tertiary/aromatic N) is 3. The number of aromatic nitrogens is 3. The Labute approximate surface area is 189 Å². The van der Waals surface area contributed by atoms with E-state index in [1.165, 1.54) is 11.8 Å². The van der Waals surface area contributed by atoms with Crippen molar-refractivity contribution in [1.29, 1.82) is 0 Å². The van der Waals surface area contributed by atoms with E-state index in [4.69, 9.17) is 18.3 Å². The summed E-state index contributed by atoms with van der Waals surface area (Å²) in [4.78, 5) is 12.9. The Kier molecular flexibility index (Phi) is 6.36. The molecule has 0 atom stereocenters. The minimum atomic E-state index is -0.000313. The lowest BCUT2D eigenvalue weighted by molar-refractivity contribution is 0.102. The third-order valence-corrected chi connectivity index (χ3v) is 5.95. The molecule has 0 saturated heterocycles. The zero-order valence-electron chi connectivity index (χ0n) is 18.2. The molecule has 4 rings (SSSR count). The second-order valence-corrected chi connectivity index (χ2v) is 8.03. The van der Waals surface area contributed by atoms with E-state index in [1.807, 2.05) is 38.1 Å². The molecule has 0 bridgehead atoms. The molecule has 0 fully saturated rings. The smallest absolute Gasteiger partial charge is 0.277 e. The summed E-state index contributed by atoms with van der Waals surface area (Å²) in [5.74, 6) is 2.56. The maximum absolute atomic E-state index is 12.9. The molecular weight excluding hydrogens is 430 g/mol. The number of hydrogen-bond acceptors (Lipinski definition) is 8. The highest BCUT2D eigenvalue weighted by molar-refractivity contribution is 7.99. The Bertz CT molecular complexity index is 1230. The van der Waals surface area contributed by atoms with Gasteiger partial charge in [-0.2, -0.15) is 0 Å². The topological polar surface area (TPSA) is 92.5 Å². The van der Waals surface area contributed by atoms with E-state index in [9.17, 15) is 4.79 Å². The molecule has 9 heteroatoms. The highest BCUT2D eigenvalue weighted by Gasteiger charge is 2.19. The van der Waals surface area contributed by atoms with Crippen molar-refractivity contribution in [1.82, 2.24) is 14.8 Å². The van der Waals surface area contributed by atoms with Gasteiger partial charge in [0.2, 0.25) is 5.89 Å². The van der Waals surface area contributed by atoms with Gasteiger partial charge in [0, 0.05) is 22.5 Å². The summed E-state index contributed by atoms with van der Waals surface area (Å²) in [7, 11) is 3.14. The van der Waals surface area contributed by atoms with Crippen molar-refractivity contribution < 1.29 is 23.1 Å². The number of methoxy groups -OCH3 is 2. The van der Waals surface area contributed by atoms with Crippen molar-refractivity contribution in [2.45, 2.75) is 25.6 Å². The number of hydrogen-bond donors (Lipinski definition) is 0. The average molecular weight is 454 g/mol. The van der Waals surface area contributed by atoms with Crippen molar-refractivity contribution in [2.75, 3.05) is 20.0 Å². The van der Waals surface area contributed by atoms with Gasteiger partial charge in [0.05, 0.1) is 32.8 Å². The molecule has 3 aromatic heterocycles. The van der Waals surface area contributed by atoms with E-state index in [1.54, 1.807) is 32.6 Å². The zero-order valence-corrected chi connectivity index (χ0v) is 19.1. The molecule has 0 N–H and O–H groups in total. The van der Waals surface area contributed by atoms with Crippen LogP contribution in [0.1, 0.15) is 27.5 Å². The molecule has 0 aliphatic heterocycles. The fourth-order valence-electron chi connectivity index (χ4n) is 3.44. The summed E-state index contributed by atoms with van der Waals surface area (Å²) in [5, 5.41) is 8.47. The summed E-state index contributed by atoms with van der Waals surface area (Å²) in [6, 6.07) is 11.0. The summed E-state index contributed by atoms with van der Waals surface area (Å²) in [5.41, 5.74) is 3.29. The fourth-order valence-corrected chi connectivity index (χ4v) is 4.09. The second kappa shape index (κ2) is 9.35. The number of ether oxygens (including phenoxy) is 2. The molecule has 166 valence electrons. The quantitative estimate of drug-likeness (QED) is 0.264. The van der Waals surface area contributed by atoms with Crippen LogP contribution in [-0.2, 0) is 6.54 Å². The lowest BCUT2D eigenvalue weighted by atomic mass is 10.2. The van der Waals surface area contributed by atoms with Gasteiger partial charge in [-0.05, 0) is 50.2 Å². The average Bonchev–Trinajstić information content (AvgIpc) is 3.55. The molecule has 8 nitrogen and oxygen atoms in total. The summed E-state index contributed by atoms with van der Waals surface area (Å²) < 4.78 is 23.8. The Morgan fingerprint density at radius 2 is 1.91 bits per heavy atom. The second-order valence-electron chi connectivity index (χ2n) is 7.11. The number of thioether (sulfide) groups is 1. The first-order chi connectivity index (χ1) is 15.5. The maximum Gasteiger partial charge on any atom is 0.277 e. The SMILES string of the molecule is COc1ccc(-c2nnc(SCC(=O)c3cc(C)n(Cc4ccco4)c3C)o2)cc1OC. The molecule has 0 aliphatic carbocycles. The first-order valence-electron chi connectivity index (χ1n) is 9.91. The lowest BCUT2D eigenvalue weighted by Crippen LogP contribution is -2.07. The van der Waals surface area contributed by atoms with Crippen LogP contribution in [0.2, 0.25) is 0 Å². The molecule has 0 saturated carbocycles. The number of rotatable bonds is 9. The van der Waals surface area contributed by atoms with E-state index in [0.29, 0.717) is 40.3 Å². The third-order valence-electron chi connectivity index (χ3n) is 5.13. The van der Waals surface area contributed by atoms with E-state index in [0.717, 1.165) is 17.1 Å². The lowest BCUT2D eigenvalue weighted by Gasteiger charge is -2.07. The molecule has 3 heterocycles. The first kappa shape index (κ1) is 21.8. The molecule has 1 aromatic carbocycles. The van der Waals surface area contributed by atoms with Crippen LogP contribution in [0.3, 0.4) is 0 Å². The Morgan fingerprint density at radius 1 is 1.09 bits per heavy atom. The highest BCUT2D eigenvalue weighted by atomic mass is 32.2. The van der Waals surface area contributed by atoms with E-state index in [2.05, 4.69) is 14.8 Å². The van der Waals surface area contributed by atoms with Gasteiger partial charge in [-0.25, -0.2) is 0 Å². The predicted octanol–water partition coefficient (Wildman–Crippen LogP) is 4.79. The number of ketones is 1. The van der Waals surface area contributed by atoms with Crippen LogP contribution < -0.4 is 9.47 Å².